The third-order valence-corrected chi connectivity index (χ3v) is 4.68. The first-order chi connectivity index (χ1) is 13.0. The summed E-state index contributed by atoms with van der Waals surface area (Å²) in [6.45, 7) is 3.98. The maximum Gasteiger partial charge on any atom is 0.319 e. The Morgan fingerprint density at radius 1 is 1.19 bits per heavy atom. The molecule has 1 saturated heterocycles. The molecule has 1 heterocycles. The van der Waals surface area contributed by atoms with E-state index < -0.39 is 0 Å². The number of Topliss-reactive ketones (excluding diaryl/α,β-unsaturated/α-hetero) is 1. The van der Waals surface area contributed by atoms with Crippen molar-refractivity contribution in [1.29, 1.82) is 0 Å². The number of benzene rings is 2. The monoisotopic (exact) mass is 367 g/mol. The van der Waals surface area contributed by atoms with Crippen molar-refractivity contribution in [1.82, 2.24) is 10.2 Å². The number of nitrogens with zero attached hydrogens (tertiary/aromatic N) is 1. The quantitative estimate of drug-likeness (QED) is 0.708. The fourth-order valence-corrected chi connectivity index (χ4v) is 3.40. The first-order valence-electron chi connectivity index (χ1n) is 9.18. The summed E-state index contributed by atoms with van der Waals surface area (Å²) in [7, 11) is 0. The number of phenolic OH excluding ortho intramolecular Hbond substituents is 1. The highest BCUT2D eigenvalue weighted by molar-refractivity contribution is 5.96. The van der Waals surface area contributed by atoms with E-state index in [-0.39, 0.29) is 23.6 Å². The second-order valence-corrected chi connectivity index (χ2v) is 6.98. The van der Waals surface area contributed by atoms with Crippen molar-refractivity contribution >= 4 is 17.5 Å². The van der Waals surface area contributed by atoms with E-state index in [1.54, 1.807) is 36.4 Å². The van der Waals surface area contributed by atoms with Gasteiger partial charge in [0.1, 0.15) is 5.75 Å². The van der Waals surface area contributed by atoms with Gasteiger partial charge >= 0.3 is 6.03 Å². The number of nitrogens with one attached hydrogen (secondary N) is 2. The van der Waals surface area contributed by atoms with Gasteiger partial charge in [0.2, 0.25) is 0 Å². The number of anilines is 1. The van der Waals surface area contributed by atoms with Crippen LogP contribution in [0.1, 0.15) is 35.7 Å². The Labute approximate surface area is 159 Å². The zero-order valence-corrected chi connectivity index (χ0v) is 15.4. The fourth-order valence-electron chi connectivity index (χ4n) is 3.40. The molecule has 6 nitrogen and oxygen atoms in total. The van der Waals surface area contributed by atoms with Gasteiger partial charge in [-0.3, -0.25) is 9.69 Å². The lowest BCUT2D eigenvalue weighted by molar-refractivity contribution is 0.101. The molecule has 27 heavy (non-hydrogen) atoms. The maximum absolute atomic E-state index is 12.3. The predicted octanol–water partition coefficient (Wildman–Crippen LogP) is 3.38. The Hall–Kier alpha value is -2.86. The Kier molecular flexibility index (Phi) is 6.08. The van der Waals surface area contributed by atoms with E-state index in [1.165, 1.54) is 6.92 Å². The van der Waals surface area contributed by atoms with Crippen LogP contribution >= 0.6 is 0 Å². The number of carbonyl (C=O) groups excluding carboxylic acids is 2. The minimum absolute atomic E-state index is 0.0334. The van der Waals surface area contributed by atoms with Gasteiger partial charge in [-0.05, 0) is 56.1 Å². The smallest absolute Gasteiger partial charge is 0.319 e. The SMILES string of the molecule is CC(=O)c1cccc(NC(=O)N[C@@H]2CCCN(Cc3cccc(O)c3)C2)c1. The van der Waals surface area contributed by atoms with Gasteiger partial charge in [-0.2, -0.15) is 0 Å². The van der Waals surface area contributed by atoms with Crippen LogP contribution in [-0.4, -0.2) is 41.0 Å². The normalized spacial score (nSPS) is 17.3. The summed E-state index contributed by atoms with van der Waals surface area (Å²) in [6, 6.07) is 14.0. The molecule has 2 aromatic carbocycles. The average Bonchev–Trinajstić information content (AvgIpc) is 2.62. The van der Waals surface area contributed by atoms with Crippen LogP contribution in [0.4, 0.5) is 10.5 Å². The molecule has 142 valence electrons. The minimum atomic E-state index is -0.264. The number of ketones is 1. The fraction of sp³-hybridized carbons (Fsp3) is 0.333. The van der Waals surface area contributed by atoms with Crippen molar-refractivity contribution in [3.8, 4) is 5.75 Å². The standard InChI is InChI=1S/C21H25N3O3/c1-15(25)17-6-3-7-18(12-17)22-21(27)23-19-8-4-10-24(14-19)13-16-5-2-9-20(26)11-16/h2-3,5-7,9,11-12,19,26H,4,8,10,13-14H2,1H3,(H2,22,23,27)/t19-/m1/s1. The number of aromatic hydroxyl groups is 1. The van der Waals surface area contributed by atoms with Crippen molar-refractivity contribution in [2.24, 2.45) is 0 Å². The lowest BCUT2D eigenvalue weighted by Crippen LogP contribution is -2.48. The lowest BCUT2D eigenvalue weighted by atomic mass is 10.0. The molecule has 0 radical (unpaired) electrons. The molecule has 3 rings (SSSR count). The Balaban J connectivity index is 1.53. The van der Waals surface area contributed by atoms with E-state index in [9.17, 15) is 14.7 Å². The number of hydrogen-bond acceptors (Lipinski definition) is 4. The molecular formula is C21H25N3O3. The topological polar surface area (TPSA) is 81.7 Å². The molecule has 1 aliphatic heterocycles. The van der Waals surface area contributed by atoms with Crippen LogP contribution in [0.3, 0.4) is 0 Å². The summed E-state index contributed by atoms with van der Waals surface area (Å²) in [4.78, 5) is 26.0. The van der Waals surface area contributed by atoms with Gasteiger partial charge in [-0.25, -0.2) is 4.79 Å². The molecule has 0 aromatic heterocycles. The maximum atomic E-state index is 12.3. The molecule has 0 unspecified atom stereocenters. The van der Waals surface area contributed by atoms with Crippen molar-refractivity contribution in [3.05, 3.63) is 59.7 Å². The number of likely N-dealkylation sites (tertiary alicyclic amines) is 1. The van der Waals surface area contributed by atoms with Gasteiger partial charge in [0, 0.05) is 30.4 Å². The highest BCUT2D eigenvalue weighted by Gasteiger charge is 2.21. The molecule has 0 aliphatic carbocycles. The number of hydrogen-bond donors (Lipinski definition) is 3. The summed E-state index contributed by atoms with van der Waals surface area (Å²) < 4.78 is 0. The molecule has 1 fully saturated rings. The number of piperidine rings is 1. The van der Waals surface area contributed by atoms with Crippen molar-refractivity contribution in [2.45, 2.75) is 32.4 Å². The van der Waals surface area contributed by atoms with E-state index in [0.717, 1.165) is 38.0 Å². The van der Waals surface area contributed by atoms with Crippen molar-refractivity contribution < 1.29 is 14.7 Å². The molecule has 3 N–H and O–H groups in total. The number of rotatable bonds is 5. The molecule has 0 spiro atoms. The minimum Gasteiger partial charge on any atom is -0.508 e. The van der Waals surface area contributed by atoms with E-state index in [0.29, 0.717) is 11.3 Å². The summed E-state index contributed by atoms with van der Waals surface area (Å²) in [5.74, 6) is 0.236. The molecule has 0 bridgehead atoms. The molecular weight excluding hydrogens is 342 g/mol. The highest BCUT2D eigenvalue weighted by atomic mass is 16.3. The number of phenols is 1. The van der Waals surface area contributed by atoms with Gasteiger partial charge in [-0.1, -0.05) is 24.3 Å². The average molecular weight is 367 g/mol. The molecule has 1 atom stereocenters. The summed E-state index contributed by atoms with van der Waals surface area (Å²) in [5, 5.41) is 15.4. The largest absolute Gasteiger partial charge is 0.508 e. The summed E-state index contributed by atoms with van der Waals surface area (Å²) in [5.41, 5.74) is 2.23. The Morgan fingerprint density at radius 3 is 2.78 bits per heavy atom. The van der Waals surface area contributed by atoms with E-state index in [1.807, 2.05) is 12.1 Å². The third-order valence-electron chi connectivity index (χ3n) is 4.68. The molecule has 2 aromatic rings. The van der Waals surface area contributed by atoms with Crippen LogP contribution in [-0.2, 0) is 6.54 Å². The van der Waals surface area contributed by atoms with Crippen LogP contribution in [0.5, 0.6) is 5.75 Å². The number of urea groups is 1. The first kappa shape index (κ1) is 18.9. The van der Waals surface area contributed by atoms with Gasteiger partial charge in [0.05, 0.1) is 0 Å². The highest BCUT2D eigenvalue weighted by Crippen LogP contribution is 2.17. The van der Waals surface area contributed by atoms with Crippen LogP contribution in [0.15, 0.2) is 48.5 Å². The third kappa shape index (κ3) is 5.56. The Bertz CT molecular complexity index is 822. The molecule has 2 amide bonds. The van der Waals surface area contributed by atoms with Crippen molar-refractivity contribution in [3.63, 3.8) is 0 Å². The van der Waals surface area contributed by atoms with Gasteiger partial charge in [0.15, 0.2) is 5.78 Å². The van der Waals surface area contributed by atoms with Crippen LogP contribution in [0.2, 0.25) is 0 Å². The molecule has 0 saturated carbocycles. The first-order valence-corrected chi connectivity index (χ1v) is 9.18. The summed E-state index contributed by atoms with van der Waals surface area (Å²) in [6.07, 6.45) is 1.93. The van der Waals surface area contributed by atoms with Crippen LogP contribution < -0.4 is 10.6 Å². The van der Waals surface area contributed by atoms with Gasteiger partial charge in [0.25, 0.3) is 0 Å². The Morgan fingerprint density at radius 2 is 2.00 bits per heavy atom. The van der Waals surface area contributed by atoms with Gasteiger partial charge < -0.3 is 15.7 Å². The number of carbonyl (C=O) groups is 2. The van der Waals surface area contributed by atoms with E-state index in [4.69, 9.17) is 0 Å². The predicted molar refractivity (Wildman–Crippen MR) is 105 cm³/mol. The van der Waals surface area contributed by atoms with Crippen molar-refractivity contribution in [2.75, 3.05) is 18.4 Å². The van der Waals surface area contributed by atoms with Crippen LogP contribution in [0, 0.1) is 0 Å². The second-order valence-electron chi connectivity index (χ2n) is 6.98. The zero-order chi connectivity index (χ0) is 19.2. The van der Waals surface area contributed by atoms with Crippen LogP contribution in [0.25, 0.3) is 0 Å². The molecule has 1 aliphatic rings. The summed E-state index contributed by atoms with van der Waals surface area (Å²) >= 11 is 0. The second kappa shape index (κ2) is 8.68. The lowest BCUT2D eigenvalue weighted by Gasteiger charge is -2.33. The number of amides is 2. The van der Waals surface area contributed by atoms with Gasteiger partial charge in [-0.15, -0.1) is 0 Å². The molecule has 6 heteroatoms. The zero-order valence-electron chi connectivity index (χ0n) is 15.4. The van der Waals surface area contributed by atoms with E-state index in [2.05, 4.69) is 15.5 Å². The van der Waals surface area contributed by atoms with E-state index >= 15 is 0 Å².